The minimum Gasteiger partial charge on any atom is -0.497 e. The molecule has 0 bridgehead atoms. The van der Waals surface area contributed by atoms with Crippen molar-refractivity contribution < 1.29 is 19.1 Å². The molecule has 2 unspecified atom stereocenters. The van der Waals surface area contributed by atoms with Crippen molar-refractivity contribution in [1.29, 1.82) is 0 Å². The lowest BCUT2D eigenvalue weighted by molar-refractivity contribution is -0.141. The number of aldehydes is 1. The van der Waals surface area contributed by atoms with Crippen LogP contribution >= 0.6 is 31.9 Å². The van der Waals surface area contributed by atoms with Crippen molar-refractivity contribution in [2.24, 2.45) is 0 Å². The highest BCUT2D eigenvalue weighted by Crippen LogP contribution is 2.45. The summed E-state index contributed by atoms with van der Waals surface area (Å²) in [5, 5.41) is 7.54. The van der Waals surface area contributed by atoms with E-state index in [-0.39, 0.29) is 18.0 Å². The van der Waals surface area contributed by atoms with Crippen LogP contribution in [0.2, 0.25) is 0 Å². The number of hydrogen-bond acceptors (Lipinski definition) is 7. The van der Waals surface area contributed by atoms with Crippen LogP contribution in [0.25, 0.3) is 0 Å². The number of ether oxygens (including phenoxy) is 2. The quantitative estimate of drug-likeness (QED) is 0.314. The Labute approximate surface area is 257 Å². The number of hydrogen-bond donors (Lipinski definition) is 2. The van der Waals surface area contributed by atoms with Gasteiger partial charge < -0.3 is 19.2 Å². The van der Waals surface area contributed by atoms with Crippen LogP contribution in [0.15, 0.2) is 75.7 Å². The van der Waals surface area contributed by atoms with E-state index in [1.165, 1.54) is 0 Å². The van der Waals surface area contributed by atoms with Crippen molar-refractivity contribution in [3.63, 3.8) is 0 Å². The zero-order valence-corrected chi connectivity index (χ0v) is 26.3. The van der Waals surface area contributed by atoms with E-state index < -0.39 is 5.66 Å². The van der Waals surface area contributed by atoms with Gasteiger partial charge in [0.05, 0.1) is 32.3 Å². The maximum atomic E-state index is 14.8. The normalized spacial score (nSPS) is 22.9. The number of methoxy groups -OCH3 is 1. The van der Waals surface area contributed by atoms with Crippen LogP contribution in [0.3, 0.4) is 0 Å². The standard InChI is InChI=1S/C31H34Br2N4O4/c1-3-41-27-20-25(40-2)12-13-26(27)31(30(39)37-16-14-36(15-17-37)18-19-38)34-28(21-4-8-23(32)9-5-21)29(35-31)22-6-10-24(33)11-7-22/h4-13,19-20,28-29,34-35H,3,14-18H2,1-2H3. The Bertz CT molecular complexity index is 1310. The van der Waals surface area contributed by atoms with Gasteiger partial charge in [-0.2, -0.15) is 0 Å². The van der Waals surface area contributed by atoms with Crippen LogP contribution in [-0.2, 0) is 15.3 Å². The lowest BCUT2D eigenvalue weighted by atomic mass is 9.95. The summed E-state index contributed by atoms with van der Waals surface area (Å²) in [7, 11) is 1.61. The van der Waals surface area contributed by atoms with E-state index in [0.717, 1.165) is 26.4 Å². The molecule has 2 heterocycles. The number of halogens is 2. The summed E-state index contributed by atoms with van der Waals surface area (Å²) in [6.07, 6.45) is 0.913. The third kappa shape index (κ3) is 6.22. The zero-order valence-electron chi connectivity index (χ0n) is 23.1. The van der Waals surface area contributed by atoms with E-state index in [4.69, 9.17) is 9.47 Å². The summed E-state index contributed by atoms with van der Waals surface area (Å²) in [6.45, 7) is 5.03. The number of nitrogens with zero attached hydrogens (tertiary/aromatic N) is 2. The molecule has 5 rings (SSSR count). The number of amides is 1. The van der Waals surface area contributed by atoms with Gasteiger partial charge in [-0.1, -0.05) is 56.1 Å². The summed E-state index contributed by atoms with van der Waals surface area (Å²) < 4.78 is 13.6. The molecule has 8 nitrogen and oxygen atoms in total. The fourth-order valence-electron chi connectivity index (χ4n) is 5.65. The third-order valence-corrected chi connectivity index (χ3v) is 8.80. The van der Waals surface area contributed by atoms with Crippen LogP contribution in [0, 0.1) is 0 Å². The molecule has 0 aromatic heterocycles. The van der Waals surface area contributed by atoms with Gasteiger partial charge in [0.1, 0.15) is 17.8 Å². The number of carbonyl (C=O) groups excluding carboxylic acids is 2. The van der Waals surface area contributed by atoms with Gasteiger partial charge >= 0.3 is 0 Å². The van der Waals surface area contributed by atoms with Gasteiger partial charge in [-0.15, -0.1) is 0 Å². The summed E-state index contributed by atoms with van der Waals surface area (Å²) in [6, 6.07) is 21.5. The van der Waals surface area contributed by atoms with E-state index in [1.54, 1.807) is 7.11 Å². The second-order valence-electron chi connectivity index (χ2n) is 10.2. The van der Waals surface area contributed by atoms with Crippen molar-refractivity contribution in [1.82, 2.24) is 20.4 Å². The maximum Gasteiger partial charge on any atom is 0.262 e. The molecule has 0 aliphatic carbocycles. The molecule has 0 radical (unpaired) electrons. The van der Waals surface area contributed by atoms with Gasteiger partial charge in [0.15, 0.2) is 5.66 Å². The molecule has 3 aromatic carbocycles. The van der Waals surface area contributed by atoms with Gasteiger partial charge in [0.2, 0.25) is 0 Å². The molecule has 41 heavy (non-hydrogen) atoms. The first-order valence-corrected chi connectivity index (χ1v) is 15.3. The number of nitrogens with one attached hydrogen (secondary N) is 2. The Kier molecular flexibility index (Phi) is 9.45. The first kappa shape index (κ1) is 29.7. The van der Waals surface area contributed by atoms with Crippen LogP contribution in [-0.4, -0.2) is 68.4 Å². The Morgan fingerprint density at radius 1 is 0.927 bits per heavy atom. The molecule has 2 fully saturated rings. The van der Waals surface area contributed by atoms with Gasteiger partial charge in [-0.3, -0.25) is 20.3 Å². The highest BCUT2D eigenvalue weighted by molar-refractivity contribution is 9.10. The largest absolute Gasteiger partial charge is 0.497 e. The predicted octanol–water partition coefficient (Wildman–Crippen LogP) is 4.79. The maximum absolute atomic E-state index is 14.8. The van der Waals surface area contributed by atoms with E-state index in [9.17, 15) is 9.59 Å². The molecule has 2 N–H and O–H groups in total. The highest BCUT2D eigenvalue weighted by Gasteiger charge is 2.54. The second-order valence-corrected chi connectivity index (χ2v) is 12.0. The molecule has 2 atom stereocenters. The smallest absolute Gasteiger partial charge is 0.262 e. The van der Waals surface area contributed by atoms with Crippen molar-refractivity contribution in [3.05, 3.63) is 92.4 Å². The van der Waals surface area contributed by atoms with Gasteiger partial charge in [-0.05, 0) is 54.4 Å². The molecule has 2 saturated heterocycles. The summed E-state index contributed by atoms with van der Waals surface area (Å²) in [4.78, 5) is 29.8. The Morgan fingerprint density at radius 2 is 1.49 bits per heavy atom. The van der Waals surface area contributed by atoms with E-state index in [0.29, 0.717) is 56.4 Å². The highest BCUT2D eigenvalue weighted by atomic mass is 79.9. The number of carbonyl (C=O) groups is 2. The zero-order chi connectivity index (χ0) is 29.0. The van der Waals surface area contributed by atoms with Crippen LogP contribution in [0.4, 0.5) is 0 Å². The average molecular weight is 686 g/mol. The molecular formula is C31H34Br2N4O4. The van der Waals surface area contributed by atoms with Gasteiger partial charge in [0.25, 0.3) is 5.91 Å². The summed E-state index contributed by atoms with van der Waals surface area (Å²) in [5.74, 6) is 1.14. The molecule has 0 spiro atoms. The topological polar surface area (TPSA) is 83.1 Å². The Hall–Kier alpha value is -2.76. The molecule has 10 heteroatoms. The SMILES string of the molecule is CCOc1cc(OC)ccc1C1(C(=O)N2CCN(CC=O)CC2)NC(c2ccc(Br)cc2)C(c2ccc(Br)cc2)N1. The van der Waals surface area contributed by atoms with Crippen molar-refractivity contribution >= 4 is 44.1 Å². The second kappa shape index (κ2) is 13.0. The minimum absolute atomic E-state index is 0.0869. The molecule has 1 amide bonds. The van der Waals surface area contributed by atoms with E-state index in [1.807, 2.05) is 54.3 Å². The first-order valence-electron chi connectivity index (χ1n) is 13.7. The lowest BCUT2D eigenvalue weighted by Crippen LogP contribution is -2.62. The Morgan fingerprint density at radius 3 is 1.98 bits per heavy atom. The summed E-state index contributed by atoms with van der Waals surface area (Å²) in [5.41, 5.74) is 1.50. The molecule has 216 valence electrons. The first-order chi connectivity index (χ1) is 19.9. The van der Waals surface area contributed by atoms with Crippen LogP contribution < -0.4 is 20.1 Å². The minimum atomic E-state index is -1.29. The number of benzene rings is 3. The van der Waals surface area contributed by atoms with Crippen molar-refractivity contribution in [3.8, 4) is 11.5 Å². The van der Waals surface area contributed by atoms with Gasteiger partial charge in [0, 0.05) is 46.8 Å². The Balaban J connectivity index is 1.64. The molecular weight excluding hydrogens is 652 g/mol. The molecule has 3 aromatic rings. The average Bonchev–Trinajstić information content (AvgIpc) is 3.40. The fourth-order valence-corrected chi connectivity index (χ4v) is 6.18. The molecule has 0 saturated carbocycles. The van der Waals surface area contributed by atoms with Crippen molar-refractivity contribution in [2.45, 2.75) is 24.7 Å². The van der Waals surface area contributed by atoms with Crippen LogP contribution in [0.5, 0.6) is 11.5 Å². The molecule has 2 aliphatic heterocycles. The van der Waals surface area contributed by atoms with Gasteiger partial charge in [-0.25, -0.2) is 0 Å². The number of rotatable bonds is 9. The monoisotopic (exact) mass is 684 g/mol. The molecule has 2 aliphatic rings. The van der Waals surface area contributed by atoms with E-state index in [2.05, 4.69) is 71.7 Å². The number of piperazine rings is 1. The third-order valence-electron chi connectivity index (χ3n) is 7.74. The fraction of sp³-hybridized carbons (Fsp3) is 0.355. The van der Waals surface area contributed by atoms with Crippen molar-refractivity contribution in [2.75, 3.05) is 46.4 Å². The lowest BCUT2D eigenvalue weighted by Gasteiger charge is -2.40. The van der Waals surface area contributed by atoms with Crippen LogP contribution in [0.1, 0.15) is 35.7 Å². The summed E-state index contributed by atoms with van der Waals surface area (Å²) >= 11 is 7.11. The predicted molar refractivity (Wildman–Crippen MR) is 165 cm³/mol. The van der Waals surface area contributed by atoms with E-state index >= 15 is 0 Å².